The topological polar surface area (TPSA) is 57.6 Å². The van der Waals surface area contributed by atoms with Crippen LogP contribution >= 0.6 is 0 Å². The molecule has 1 aromatic carbocycles. The summed E-state index contributed by atoms with van der Waals surface area (Å²) >= 11 is 0. The molecule has 4 nitrogen and oxygen atoms in total. The first kappa shape index (κ1) is 18.0. The van der Waals surface area contributed by atoms with Crippen molar-refractivity contribution in [1.29, 1.82) is 0 Å². The second-order valence-corrected chi connectivity index (χ2v) is 7.40. The van der Waals surface area contributed by atoms with Crippen LogP contribution in [0.1, 0.15) is 25.5 Å². The summed E-state index contributed by atoms with van der Waals surface area (Å²) in [6, 6.07) is 2.96. The summed E-state index contributed by atoms with van der Waals surface area (Å²) in [5.41, 5.74) is 0.263. The van der Waals surface area contributed by atoms with Crippen LogP contribution < -0.4 is 0 Å². The molecule has 0 radical (unpaired) electrons. The zero-order chi connectivity index (χ0) is 16.2. The maximum atomic E-state index is 13.2. The maximum Gasteiger partial charge on any atom is 0.159 e. The van der Waals surface area contributed by atoms with Crippen molar-refractivity contribution >= 4 is 9.84 Å². The normalized spacial score (nSPS) is 15.2. The summed E-state index contributed by atoms with van der Waals surface area (Å²) in [4.78, 5) is 1.78. The second-order valence-electron chi connectivity index (χ2n) is 5.22. The van der Waals surface area contributed by atoms with Gasteiger partial charge < -0.3 is 5.11 Å². The maximum absolute atomic E-state index is 13.2. The Morgan fingerprint density at radius 2 is 1.90 bits per heavy atom. The van der Waals surface area contributed by atoms with Crippen LogP contribution in [0.2, 0.25) is 0 Å². The standard InChI is InChI=1S/C14H21F2NO3S/c1-4-17(10(2)9-21(3,19)20)8-14(18)11-5-6-12(15)13(16)7-11/h5-7,10,14,18H,4,8-9H2,1-3H3. The fraction of sp³-hybridized carbons (Fsp3) is 0.571. The summed E-state index contributed by atoms with van der Waals surface area (Å²) in [6.07, 6.45) is 0.144. The van der Waals surface area contributed by atoms with E-state index in [4.69, 9.17) is 0 Å². The summed E-state index contributed by atoms with van der Waals surface area (Å²) in [5, 5.41) is 10.1. The molecule has 0 heterocycles. The molecule has 0 amide bonds. The predicted octanol–water partition coefficient (Wildman–Crippen LogP) is 1.75. The van der Waals surface area contributed by atoms with Crippen molar-refractivity contribution in [2.75, 3.05) is 25.1 Å². The average Bonchev–Trinajstić information content (AvgIpc) is 2.36. The molecule has 0 aliphatic rings. The molecule has 2 unspecified atom stereocenters. The van der Waals surface area contributed by atoms with E-state index in [1.54, 1.807) is 11.8 Å². The van der Waals surface area contributed by atoms with Gasteiger partial charge in [-0.15, -0.1) is 0 Å². The molecule has 0 aromatic heterocycles. The Morgan fingerprint density at radius 1 is 1.29 bits per heavy atom. The van der Waals surface area contributed by atoms with E-state index in [0.717, 1.165) is 18.4 Å². The van der Waals surface area contributed by atoms with Crippen LogP contribution in [0, 0.1) is 11.6 Å². The van der Waals surface area contributed by atoms with E-state index in [0.29, 0.717) is 6.54 Å². The largest absolute Gasteiger partial charge is 0.387 e. The number of nitrogens with zero attached hydrogens (tertiary/aromatic N) is 1. The first-order chi connectivity index (χ1) is 9.64. The van der Waals surface area contributed by atoms with Gasteiger partial charge in [-0.25, -0.2) is 17.2 Å². The van der Waals surface area contributed by atoms with Gasteiger partial charge in [0, 0.05) is 18.8 Å². The van der Waals surface area contributed by atoms with Crippen LogP contribution in [-0.4, -0.2) is 49.6 Å². The number of aliphatic hydroxyl groups is 1. The van der Waals surface area contributed by atoms with Gasteiger partial charge in [-0.3, -0.25) is 4.90 Å². The van der Waals surface area contributed by atoms with E-state index < -0.39 is 27.6 Å². The lowest BCUT2D eigenvalue weighted by Crippen LogP contribution is -2.40. The molecule has 0 bridgehead atoms. The minimum absolute atomic E-state index is 0.0225. The fourth-order valence-electron chi connectivity index (χ4n) is 2.21. The SMILES string of the molecule is CCN(CC(O)c1ccc(F)c(F)c1)C(C)CS(C)(=O)=O. The second kappa shape index (κ2) is 7.29. The Kier molecular flexibility index (Phi) is 6.24. The third-order valence-electron chi connectivity index (χ3n) is 3.31. The monoisotopic (exact) mass is 321 g/mol. The molecule has 7 heteroatoms. The number of aliphatic hydroxyl groups excluding tert-OH is 1. The Hall–Kier alpha value is -1.05. The fourth-order valence-corrected chi connectivity index (χ4v) is 3.30. The number of hydrogen-bond acceptors (Lipinski definition) is 4. The molecule has 0 saturated heterocycles. The third-order valence-corrected chi connectivity index (χ3v) is 4.40. The number of likely N-dealkylation sites (N-methyl/N-ethyl adjacent to an activating group) is 1. The molecule has 1 rings (SSSR count). The average molecular weight is 321 g/mol. The van der Waals surface area contributed by atoms with Gasteiger partial charge in [-0.1, -0.05) is 13.0 Å². The highest BCUT2D eigenvalue weighted by atomic mass is 32.2. The molecule has 0 aliphatic heterocycles. The summed E-state index contributed by atoms with van der Waals surface area (Å²) in [6.45, 7) is 4.29. The van der Waals surface area contributed by atoms with Crippen molar-refractivity contribution in [2.45, 2.75) is 26.0 Å². The van der Waals surface area contributed by atoms with E-state index in [1.807, 2.05) is 6.92 Å². The molecule has 120 valence electrons. The van der Waals surface area contributed by atoms with Gasteiger partial charge >= 0.3 is 0 Å². The highest BCUT2D eigenvalue weighted by Gasteiger charge is 2.21. The van der Waals surface area contributed by atoms with Crippen LogP contribution in [0.15, 0.2) is 18.2 Å². The molecule has 1 N–H and O–H groups in total. The van der Waals surface area contributed by atoms with Gasteiger partial charge in [0.2, 0.25) is 0 Å². The number of rotatable bonds is 7. The summed E-state index contributed by atoms with van der Waals surface area (Å²) < 4.78 is 48.7. The Morgan fingerprint density at radius 3 is 2.38 bits per heavy atom. The predicted molar refractivity (Wildman–Crippen MR) is 77.7 cm³/mol. The van der Waals surface area contributed by atoms with Crippen molar-refractivity contribution in [3.8, 4) is 0 Å². The highest BCUT2D eigenvalue weighted by Crippen LogP contribution is 2.18. The highest BCUT2D eigenvalue weighted by molar-refractivity contribution is 7.90. The van der Waals surface area contributed by atoms with Gasteiger partial charge in [-0.05, 0) is 31.2 Å². The number of halogens is 2. The Balaban J connectivity index is 2.78. The van der Waals surface area contributed by atoms with Crippen LogP contribution in [0.25, 0.3) is 0 Å². The molecule has 1 aromatic rings. The minimum Gasteiger partial charge on any atom is -0.387 e. The van der Waals surface area contributed by atoms with Crippen molar-refractivity contribution < 1.29 is 22.3 Å². The number of hydrogen-bond donors (Lipinski definition) is 1. The van der Waals surface area contributed by atoms with Crippen molar-refractivity contribution in [3.05, 3.63) is 35.4 Å². The molecule has 0 saturated carbocycles. The molecule has 2 atom stereocenters. The molecular weight excluding hydrogens is 300 g/mol. The summed E-state index contributed by atoms with van der Waals surface area (Å²) in [7, 11) is -3.12. The van der Waals surface area contributed by atoms with Gasteiger partial charge in [0.25, 0.3) is 0 Å². The van der Waals surface area contributed by atoms with Gasteiger partial charge in [0.05, 0.1) is 11.9 Å². The first-order valence-corrected chi connectivity index (χ1v) is 8.75. The van der Waals surface area contributed by atoms with Crippen LogP contribution in [-0.2, 0) is 9.84 Å². The smallest absolute Gasteiger partial charge is 0.159 e. The molecule has 0 fully saturated rings. The van der Waals surface area contributed by atoms with Crippen LogP contribution in [0.3, 0.4) is 0 Å². The van der Waals surface area contributed by atoms with Crippen molar-refractivity contribution in [2.24, 2.45) is 0 Å². The van der Waals surface area contributed by atoms with E-state index >= 15 is 0 Å². The van der Waals surface area contributed by atoms with E-state index in [-0.39, 0.29) is 23.9 Å². The van der Waals surface area contributed by atoms with Gasteiger partial charge in [0.15, 0.2) is 11.6 Å². The van der Waals surface area contributed by atoms with Crippen LogP contribution in [0.4, 0.5) is 8.78 Å². The molecule has 21 heavy (non-hydrogen) atoms. The first-order valence-electron chi connectivity index (χ1n) is 6.68. The quantitative estimate of drug-likeness (QED) is 0.831. The van der Waals surface area contributed by atoms with E-state index in [1.165, 1.54) is 6.07 Å². The van der Waals surface area contributed by atoms with Crippen molar-refractivity contribution in [3.63, 3.8) is 0 Å². The molecular formula is C14H21F2NO3S. The van der Waals surface area contributed by atoms with E-state index in [2.05, 4.69) is 0 Å². The number of sulfone groups is 1. The van der Waals surface area contributed by atoms with Gasteiger partial charge in [-0.2, -0.15) is 0 Å². The summed E-state index contributed by atoms with van der Waals surface area (Å²) in [5.74, 6) is -2.01. The van der Waals surface area contributed by atoms with E-state index in [9.17, 15) is 22.3 Å². The molecule has 0 aliphatic carbocycles. The Labute approximate surface area is 124 Å². The Bertz CT molecular complexity index is 578. The molecule has 0 spiro atoms. The van der Waals surface area contributed by atoms with Gasteiger partial charge in [0.1, 0.15) is 9.84 Å². The number of benzene rings is 1. The zero-order valence-corrected chi connectivity index (χ0v) is 13.2. The van der Waals surface area contributed by atoms with Crippen LogP contribution in [0.5, 0.6) is 0 Å². The third kappa shape index (κ3) is 5.68. The lowest BCUT2D eigenvalue weighted by Gasteiger charge is -2.29. The zero-order valence-electron chi connectivity index (χ0n) is 12.4. The lowest BCUT2D eigenvalue weighted by atomic mass is 10.1. The lowest BCUT2D eigenvalue weighted by molar-refractivity contribution is 0.0995. The van der Waals surface area contributed by atoms with Crippen molar-refractivity contribution in [1.82, 2.24) is 4.90 Å². The minimum atomic E-state index is -3.12.